The number of imide groups is 1. The normalized spacial score (nSPS) is 17.0. The molecule has 0 aliphatic carbocycles. The number of hydrogen-bond donors (Lipinski definition) is 2. The fraction of sp³-hybridized carbons (Fsp3) is 0.158. The summed E-state index contributed by atoms with van der Waals surface area (Å²) >= 11 is 0. The molecule has 2 N–H and O–H groups in total. The highest BCUT2D eigenvalue weighted by Gasteiger charge is 2.28. The Kier molecular flexibility index (Phi) is 4.15. The minimum absolute atomic E-state index is 0.117. The van der Waals surface area contributed by atoms with Gasteiger partial charge in [0, 0.05) is 12.0 Å². The molecule has 1 fully saturated rings. The predicted molar refractivity (Wildman–Crippen MR) is 93.0 cm³/mol. The quantitative estimate of drug-likeness (QED) is 0.691. The van der Waals surface area contributed by atoms with E-state index in [4.69, 9.17) is 4.42 Å². The Labute approximate surface area is 152 Å². The molecule has 0 spiro atoms. The molecule has 1 aliphatic rings. The maximum Gasteiger partial charge on any atom is 0.252 e. The van der Waals surface area contributed by atoms with Crippen LogP contribution in [-0.4, -0.2) is 28.7 Å². The second-order valence-electron chi connectivity index (χ2n) is 6.16. The number of amides is 3. The largest absolute Gasteiger partial charge is 0.436 e. The molecule has 1 aliphatic heterocycles. The minimum atomic E-state index is -0.766. The van der Waals surface area contributed by atoms with Crippen LogP contribution >= 0.6 is 0 Å². The van der Waals surface area contributed by atoms with Crippen molar-refractivity contribution in [1.29, 1.82) is 0 Å². The topological polar surface area (TPSA) is 101 Å². The zero-order chi connectivity index (χ0) is 19.0. The van der Waals surface area contributed by atoms with E-state index in [1.165, 1.54) is 18.2 Å². The van der Waals surface area contributed by atoms with E-state index < -0.39 is 23.7 Å². The third-order valence-corrected chi connectivity index (χ3v) is 4.30. The van der Waals surface area contributed by atoms with Crippen LogP contribution in [0.2, 0.25) is 0 Å². The lowest BCUT2D eigenvalue weighted by atomic mass is 10.1. The number of aromatic nitrogens is 1. The number of piperidine rings is 1. The van der Waals surface area contributed by atoms with Gasteiger partial charge in [-0.25, -0.2) is 9.37 Å². The first-order valence-electron chi connectivity index (χ1n) is 8.31. The van der Waals surface area contributed by atoms with Crippen molar-refractivity contribution in [2.24, 2.45) is 0 Å². The van der Waals surface area contributed by atoms with Crippen LogP contribution in [0.15, 0.2) is 46.9 Å². The smallest absolute Gasteiger partial charge is 0.252 e. The molecule has 1 aromatic heterocycles. The number of carbonyl (C=O) groups excluding carboxylic acids is 3. The molecule has 7 nitrogen and oxygen atoms in total. The van der Waals surface area contributed by atoms with E-state index in [1.807, 2.05) is 0 Å². The number of halogens is 1. The summed E-state index contributed by atoms with van der Waals surface area (Å²) in [6, 6.07) is 9.93. The molecule has 136 valence electrons. The average molecular weight is 367 g/mol. The van der Waals surface area contributed by atoms with Crippen LogP contribution in [0, 0.1) is 5.82 Å². The predicted octanol–water partition coefficient (Wildman–Crippen LogP) is 2.17. The van der Waals surface area contributed by atoms with Gasteiger partial charge in [0.05, 0.1) is 5.56 Å². The van der Waals surface area contributed by atoms with Crippen molar-refractivity contribution in [1.82, 2.24) is 15.6 Å². The van der Waals surface area contributed by atoms with E-state index in [1.54, 1.807) is 24.3 Å². The van der Waals surface area contributed by atoms with Crippen LogP contribution < -0.4 is 10.6 Å². The van der Waals surface area contributed by atoms with Crippen molar-refractivity contribution < 1.29 is 23.2 Å². The van der Waals surface area contributed by atoms with Gasteiger partial charge in [0.1, 0.15) is 17.4 Å². The molecule has 3 aromatic rings. The van der Waals surface area contributed by atoms with Crippen LogP contribution in [0.5, 0.6) is 0 Å². The van der Waals surface area contributed by atoms with E-state index >= 15 is 0 Å². The lowest BCUT2D eigenvalue weighted by Gasteiger charge is -2.21. The molecule has 27 heavy (non-hydrogen) atoms. The van der Waals surface area contributed by atoms with E-state index in [2.05, 4.69) is 15.6 Å². The lowest BCUT2D eigenvalue weighted by molar-refractivity contribution is -0.134. The molecule has 2 aromatic carbocycles. The summed E-state index contributed by atoms with van der Waals surface area (Å²) in [6.07, 6.45) is 0.422. The van der Waals surface area contributed by atoms with Crippen molar-refractivity contribution >= 4 is 28.8 Å². The Morgan fingerprint density at radius 2 is 2.04 bits per heavy atom. The Hall–Kier alpha value is -3.55. The summed E-state index contributed by atoms with van der Waals surface area (Å²) in [6.45, 7) is 0. The molecule has 1 atom stereocenters. The number of oxazole rings is 1. The van der Waals surface area contributed by atoms with Crippen molar-refractivity contribution in [2.75, 3.05) is 0 Å². The van der Waals surface area contributed by atoms with Crippen LogP contribution in [0.25, 0.3) is 22.6 Å². The molecule has 0 bridgehead atoms. The number of fused-ring (bicyclic) bond motifs is 1. The monoisotopic (exact) mass is 367 g/mol. The summed E-state index contributed by atoms with van der Waals surface area (Å²) in [5, 5.41) is 4.78. The van der Waals surface area contributed by atoms with Gasteiger partial charge >= 0.3 is 0 Å². The second kappa shape index (κ2) is 6.64. The maximum absolute atomic E-state index is 13.9. The third kappa shape index (κ3) is 3.29. The molecule has 1 unspecified atom stereocenters. The standard InChI is InChI=1S/C19H14FN3O4/c20-12-4-2-1-3-11(12)19-22-14-9-10(5-7-15(14)27-19)17(25)21-13-6-8-16(24)23-18(13)26/h1-5,7,9,13H,6,8H2,(H,21,25)(H,23,24,26). The molecular weight excluding hydrogens is 353 g/mol. The minimum Gasteiger partial charge on any atom is -0.436 e. The summed E-state index contributed by atoms with van der Waals surface area (Å²) in [7, 11) is 0. The second-order valence-corrected chi connectivity index (χ2v) is 6.16. The van der Waals surface area contributed by atoms with Gasteiger partial charge in [-0.3, -0.25) is 19.7 Å². The van der Waals surface area contributed by atoms with E-state index in [-0.39, 0.29) is 35.8 Å². The van der Waals surface area contributed by atoms with Crippen molar-refractivity contribution in [3.8, 4) is 11.5 Å². The van der Waals surface area contributed by atoms with Crippen LogP contribution in [-0.2, 0) is 9.59 Å². The number of benzene rings is 2. The van der Waals surface area contributed by atoms with E-state index in [0.29, 0.717) is 11.1 Å². The zero-order valence-electron chi connectivity index (χ0n) is 14.0. The summed E-state index contributed by atoms with van der Waals surface area (Å²) < 4.78 is 19.5. The maximum atomic E-state index is 13.9. The number of hydrogen-bond acceptors (Lipinski definition) is 5. The SMILES string of the molecule is O=C1CCC(NC(=O)c2ccc3oc(-c4ccccc4F)nc3c2)C(=O)N1. The van der Waals surface area contributed by atoms with Crippen LogP contribution in [0.4, 0.5) is 4.39 Å². The highest BCUT2D eigenvalue weighted by molar-refractivity contribution is 6.04. The Morgan fingerprint density at radius 1 is 1.22 bits per heavy atom. The lowest BCUT2D eigenvalue weighted by Crippen LogP contribution is -2.52. The Morgan fingerprint density at radius 3 is 2.81 bits per heavy atom. The molecule has 0 radical (unpaired) electrons. The van der Waals surface area contributed by atoms with Gasteiger partial charge < -0.3 is 9.73 Å². The van der Waals surface area contributed by atoms with Crippen molar-refractivity contribution in [3.63, 3.8) is 0 Å². The highest BCUT2D eigenvalue weighted by Crippen LogP contribution is 2.26. The van der Waals surface area contributed by atoms with E-state index in [9.17, 15) is 18.8 Å². The van der Waals surface area contributed by atoms with Gasteiger partial charge in [-0.05, 0) is 36.8 Å². The molecule has 2 heterocycles. The molecule has 1 saturated heterocycles. The highest BCUT2D eigenvalue weighted by atomic mass is 19.1. The average Bonchev–Trinajstić information content (AvgIpc) is 3.07. The molecule has 0 saturated carbocycles. The molecule has 8 heteroatoms. The first-order valence-corrected chi connectivity index (χ1v) is 8.31. The molecular formula is C19H14FN3O4. The van der Waals surface area contributed by atoms with Gasteiger partial charge in [0.25, 0.3) is 5.91 Å². The van der Waals surface area contributed by atoms with Crippen LogP contribution in [0.3, 0.4) is 0 Å². The summed E-state index contributed by atoms with van der Waals surface area (Å²) in [4.78, 5) is 39.6. The van der Waals surface area contributed by atoms with Gasteiger partial charge in [-0.2, -0.15) is 0 Å². The molecule has 4 rings (SSSR count). The zero-order valence-corrected chi connectivity index (χ0v) is 14.0. The first kappa shape index (κ1) is 16.9. The summed E-state index contributed by atoms with van der Waals surface area (Å²) in [5.74, 6) is -1.69. The fourth-order valence-electron chi connectivity index (χ4n) is 2.89. The van der Waals surface area contributed by atoms with Gasteiger partial charge in [-0.1, -0.05) is 12.1 Å². The Balaban J connectivity index is 1.58. The molecule has 3 amide bonds. The van der Waals surface area contributed by atoms with Crippen molar-refractivity contribution in [3.05, 3.63) is 53.8 Å². The Bertz CT molecular complexity index is 1080. The number of carbonyl (C=O) groups is 3. The number of nitrogens with one attached hydrogen (secondary N) is 2. The summed E-state index contributed by atoms with van der Waals surface area (Å²) in [5.41, 5.74) is 1.30. The van der Waals surface area contributed by atoms with Gasteiger partial charge in [-0.15, -0.1) is 0 Å². The first-order chi connectivity index (χ1) is 13.0. The van der Waals surface area contributed by atoms with Gasteiger partial charge in [0.2, 0.25) is 17.7 Å². The number of nitrogens with zero attached hydrogens (tertiary/aromatic N) is 1. The van der Waals surface area contributed by atoms with Crippen molar-refractivity contribution in [2.45, 2.75) is 18.9 Å². The van der Waals surface area contributed by atoms with Crippen LogP contribution in [0.1, 0.15) is 23.2 Å². The number of rotatable bonds is 3. The van der Waals surface area contributed by atoms with E-state index in [0.717, 1.165) is 0 Å². The third-order valence-electron chi connectivity index (χ3n) is 4.30. The van der Waals surface area contributed by atoms with Gasteiger partial charge in [0.15, 0.2) is 5.58 Å². The fourth-order valence-corrected chi connectivity index (χ4v) is 2.89.